The van der Waals surface area contributed by atoms with Gasteiger partial charge in [0.1, 0.15) is 11.6 Å². The molecule has 0 saturated carbocycles. The molecule has 3 amide bonds. The van der Waals surface area contributed by atoms with Crippen LogP contribution in [0.2, 0.25) is 0 Å². The van der Waals surface area contributed by atoms with E-state index in [0.717, 1.165) is 0 Å². The highest BCUT2D eigenvalue weighted by molar-refractivity contribution is 5.90. The number of likely N-dealkylation sites (tertiary alicyclic amines) is 1. The van der Waals surface area contributed by atoms with Gasteiger partial charge in [-0.1, -0.05) is 25.7 Å². The van der Waals surface area contributed by atoms with E-state index in [1.54, 1.807) is 46.0 Å². The smallest absolute Gasteiger partial charge is 0.410 e. The lowest BCUT2D eigenvalue weighted by Crippen LogP contribution is -2.60. The molecule has 7 heteroatoms. The van der Waals surface area contributed by atoms with E-state index < -0.39 is 17.7 Å². The summed E-state index contributed by atoms with van der Waals surface area (Å²) in [4.78, 5) is 39.8. The summed E-state index contributed by atoms with van der Waals surface area (Å²) in [7, 11) is 1.64. The van der Waals surface area contributed by atoms with E-state index in [-0.39, 0.29) is 17.9 Å². The van der Waals surface area contributed by atoms with Crippen molar-refractivity contribution in [1.29, 1.82) is 0 Å². The van der Waals surface area contributed by atoms with E-state index in [1.807, 2.05) is 13.8 Å². The summed E-state index contributed by atoms with van der Waals surface area (Å²) in [5.74, 6) is -0.470. The molecule has 28 heavy (non-hydrogen) atoms. The molecule has 1 aliphatic heterocycles. The van der Waals surface area contributed by atoms with Crippen LogP contribution in [0.3, 0.4) is 0 Å². The maximum atomic E-state index is 12.5. The highest BCUT2D eigenvalue weighted by Crippen LogP contribution is 2.21. The Balaban J connectivity index is 2.64. The highest BCUT2D eigenvalue weighted by Gasteiger charge is 2.40. The van der Waals surface area contributed by atoms with Gasteiger partial charge in [0.25, 0.3) is 0 Å². The lowest BCUT2D eigenvalue weighted by atomic mass is 10.0. The predicted octanol–water partition coefficient (Wildman–Crippen LogP) is 3.00. The standard InChI is InChI=1S/C21H33N3O4/c1-8-10-15(3)23(7)18(25)12-11-16(9-2)22-19(26)17-13-14-24(17)20(27)28-21(4,5)6/h8,10-12,16-17H,3,9,13-14H2,1-2,4-7H3,(H,22,26). The van der Waals surface area contributed by atoms with Crippen LogP contribution < -0.4 is 5.32 Å². The molecule has 7 nitrogen and oxygen atoms in total. The summed E-state index contributed by atoms with van der Waals surface area (Å²) in [6, 6.07) is -0.842. The number of nitrogens with zero attached hydrogens (tertiary/aromatic N) is 2. The largest absolute Gasteiger partial charge is 0.444 e. The molecule has 0 aromatic heterocycles. The Bertz CT molecular complexity index is 661. The molecule has 1 rings (SSSR count). The molecule has 0 aromatic carbocycles. The average Bonchev–Trinajstić information content (AvgIpc) is 2.54. The molecular weight excluding hydrogens is 358 g/mol. The molecule has 1 heterocycles. The van der Waals surface area contributed by atoms with Gasteiger partial charge in [0.05, 0.1) is 0 Å². The molecule has 1 aliphatic rings. The first kappa shape index (κ1) is 23.5. The van der Waals surface area contributed by atoms with Crippen LogP contribution in [0.25, 0.3) is 0 Å². The molecule has 0 radical (unpaired) electrons. The van der Waals surface area contributed by atoms with Gasteiger partial charge in [-0.25, -0.2) is 4.79 Å². The van der Waals surface area contributed by atoms with Gasteiger partial charge in [0.2, 0.25) is 11.8 Å². The minimum absolute atomic E-state index is 0.227. The zero-order valence-electron chi connectivity index (χ0n) is 17.8. The topological polar surface area (TPSA) is 79.0 Å². The summed E-state index contributed by atoms with van der Waals surface area (Å²) in [6.07, 6.45) is 7.37. The maximum absolute atomic E-state index is 12.5. The zero-order valence-corrected chi connectivity index (χ0v) is 17.8. The second kappa shape index (κ2) is 10.1. The molecule has 0 aromatic rings. The first-order chi connectivity index (χ1) is 13.0. The molecule has 1 saturated heterocycles. The summed E-state index contributed by atoms with van der Waals surface area (Å²) in [6.45, 7) is 13.4. The van der Waals surface area contributed by atoms with Crippen LogP contribution in [0.15, 0.2) is 36.6 Å². The lowest BCUT2D eigenvalue weighted by molar-refractivity contribution is -0.131. The molecule has 1 fully saturated rings. The third-order valence-corrected chi connectivity index (χ3v) is 4.31. The number of hydrogen-bond acceptors (Lipinski definition) is 4. The number of hydrogen-bond donors (Lipinski definition) is 1. The first-order valence-corrected chi connectivity index (χ1v) is 9.57. The first-order valence-electron chi connectivity index (χ1n) is 9.57. The van der Waals surface area contributed by atoms with Crippen LogP contribution in [0, 0.1) is 0 Å². The van der Waals surface area contributed by atoms with Crippen molar-refractivity contribution >= 4 is 17.9 Å². The molecule has 0 bridgehead atoms. The summed E-state index contributed by atoms with van der Waals surface area (Å²) >= 11 is 0. The average molecular weight is 392 g/mol. The minimum Gasteiger partial charge on any atom is -0.444 e. The fraction of sp³-hybridized carbons (Fsp3) is 0.571. The molecule has 2 atom stereocenters. The van der Waals surface area contributed by atoms with Crippen molar-refractivity contribution in [3.05, 3.63) is 36.6 Å². The second-order valence-corrected chi connectivity index (χ2v) is 7.75. The normalized spacial score (nSPS) is 17.9. The number of rotatable bonds is 7. The molecule has 156 valence electrons. The second-order valence-electron chi connectivity index (χ2n) is 7.75. The van der Waals surface area contributed by atoms with E-state index in [0.29, 0.717) is 25.1 Å². The molecule has 0 aliphatic carbocycles. The van der Waals surface area contributed by atoms with E-state index in [1.165, 1.54) is 15.9 Å². The van der Waals surface area contributed by atoms with Crippen LogP contribution in [0.1, 0.15) is 47.5 Å². The monoisotopic (exact) mass is 391 g/mol. The molecule has 1 N–H and O–H groups in total. The number of allylic oxidation sites excluding steroid dienone is 2. The van der Waals surface area contributed by atoms with Gasteiger partial charge in [0.15, 0.2) is 0 Å². The van der Waals surface area contributed by atoms with Crippen molar-refractivity contribution in [2.45, 2.75) is 65.1 Å². The van der Waals surface area contributed by atoms with E-state index >= 15 is 0 Å². The Morgan fingerprint density at radius 2 is 1.96 bits per heavy atom. The Morgan fingerprint density at radius 1 is 1.32 bits per heavy atom. The molecule has 2 unspecified atom stereocenters. The van der Waals surface area contributed by atoms with Gasteiger partial charge in [0, 0.05) is 31.4 Å². The summed E-state index contributed by atoms with van der Waals surface area (Å²) < 4.78 is 5.33. The van der Waals surface area contributed by atoms with Crippen molar-refractivity contribution in [2.24, 2.45) is 0 Å². The van der Waals surface area contributed by atoms with Gasteiger partial charge in [-0.05, 0) is 46.6 Å². The van der Waals surface area contributed by atoms with Crippen molar-refractivity contribution in [3.8, 4) is 0 Å². The van der Waals surface area contributed by atoms with Crippen LogP contribution in [-0.4, -0.2) is 59.0 Å². The van der Waals surface area contributed by atoms with Crippen molar-refractivity contribution < 1.29 is 19.1 Å². The number of likely N-dealkylation sites (N-methyl/N-ethyl adjacent to an activating group) is 1. The Hall–Kier alpha value is -2.57. The fourth-order valence-electron chi connectivity index (χ4n) is 2.52. The number of carbonyl (C=O) groups excluding carboxylic acids is 3. The number of ether oxygens (including phenoxy) is 1. The summed E-state index contributed by atoms with van der Waals surface area (Å²) in [5.41, 5.74) is -0.0251. The van der Waals surface area contributed by atoms with Crippen LogP contribution in [-0.2, 0) is 14.3 Å². The third kappa shape index (κ3) is 6.87. The SMILES string of the molecule is C=C(C=CC)N(C)C(=O)C=CC(CC)NC(=O)C1CCN1C(=O)OC(C)(C)C. The maximum Gasteiger partial charge on any atom is 0.410 e. The van der Waals surface area contributed by atoms with Crippen molar-refractivity contribution in [2.75, 3.05) is 13.6 Å². The number of amides is 3. The Kier molecular flexibility index (Phi) is 8.47. The summed E-state index contributed by atoms with van der Waals surface area (Å²) in [5, 5.41) is 2.88. The number of nitrogens with one attached hydrogen (secondary N) is 1. The van der Waals surface area contributed by atoms with Gasteiger partial charge < -0.3 is 15.0 Å². The van der Waals surface area contributed by atoms with Gasteiger partial charge in [-0.2, -0.15) is 0 Å². The lowest BCUT2D eigenvalue weighted by Gasteiger charge is -2.40. The quantitative estimate of drug-likeness (QED) is 0.534. The van der Waals surface area contributed by atoms with Gasteiger partial charge in [-0.15, -0.1) is 0 Å². The highest BCUT2D eigenvalue weighted by atomic mass is 16.6. The van der Waals surface area contributed by atoms with Crippen LogP contribution >= 0.6 is 0 Å². The molecular formula is C21H33N3O4. The minimum atomic E-state index is -0.605. The van der Waals surface area contributed by atoms with Crippen molar-refractivity contribution in [3.63, 3.8) is 0 Å². The van der Waals surface area contributed by atoms with E-state index in [9.17, 15) is 14.4 Å². The third-order valence-electron chi connectivity index (χ3n) is 4.31. The van der Waals surface area contributed by atoms with E-state index in [4.69, 9.17) is 4.74 Å². The van der Waals surface area contributed by atoms with Crippen molar-refractivity contribution in [1.82, 2.24) is 15.1 Å². The predicted molar refractivity (Wildman–Crippen MR) is 109 cm³/mol. The zero-order chi connectivity index (χ0) is 21.5. The Labute approximate surface area is 168 Å². The fourth-order valence-corrected chi connectivity index (χ4v) is 2.52. The van der Waals surface area contributed by atoms with Crippen LogP contribution in [0.5, 0.6) is 0 Å². The van der Waals surface area contributed by atoms with Gasteiger partial charge in [-0.3, -0.25) is 14.5 Å². The van der Waals surface area contributed by atoms with Gasteiger partial charge >= 0.3 is 6.09 Å². The Morgan fingerprint density at radius 3 is 2.43 bits per heavy atom. The van der Waals surface area contributed by atoms with Crippen LogP contribution in [0.4, 0.5) is 4.79 Å². The van der Waals surface area contributed by atoms with E-state index in [2.05, 4.69) is 11.9 Å². The molecule has 0 spiro atoms. The number of carbonyl (C=O) groups is 3.